The van der Waals surface area contributed by atoms with Crippen molar-refractivity contribution in [3.8, 4) is 22.8 Å². The number of rotatable bonds is 4. The first-order valence-electron chi connectivity index (χ1n) is 13.0. The average Bonchev–Trinajstić information content (AvgIpc) is 3.37. The quantitative estimate of drug-likeness (QED) is 0.434. The lowest BCUT2D eigenvalue weighted by molar-refractivity contribution is -0.136. The summed E-state index contributed by atoms with van der Waals surface area (Å²) in [6.45, 7) is 4.48. The second-order valence-corrected chi connectivity index (χ2v) is 9.50. The van der Waals surface area contributed by atoms with Crippen LogP contribution in [0.5, 0.6) is 11.5 Å². The molecule has 2 atom stereocenters. The van der Waals surface area contributed by atoms with Crippen molar-refractivity contribution in [1.29, 1.82) is 0 Å². The number of nitrogens with one attached hydrogen (secondary N) is 1. The fourth-order valence-corrected chi connectivity index (χ4v) is 4.79. The Labute approximate surface area is 220 Å². The van der Waals surface area contributed by atoms with E-state index in [0.717, 1.165) is 12.0 Å². The maximum absolute atomic E-state index is 13.3. The first-order chi connectivity index (χ1) is 18.2. The molecule has 0 saturated carbocycles. The summed E-state index contributed by atoms with van der Waals surface area (Å²) < 4.78 is 52.5. The van der Waals surface area contributed by atoms with Crippen LogP contribution in [0.4, 0.5) is 18.0 Å². The number of carbonyl (C=O) groups excluding carboxylic acids is 1. The highest BCUT2D eigenvalue weighted by Crippen LogP contribution is 2.34. The summed E-state index contributed by atoms with van der Waals surface area (Å²) in [6, 6.07) is 4.07. The van der Waals surface area contributed by atoms with Gasteiger partial charge in [0.05, 0.1) is 25.5 Å². The molecule has 1 aliphatic rings. The molecule has 4 rings (SSSR count). The third kappa shape index (κ3) is 6.49. The zero-order chi connectivity index (χ0) is 27.3. The first kappa shape index (κ1) is 27.5. The van der Waals surface area contributed by atoms with E-state index in [4.69, 9.17) is 14.5 Å². The van der Waals surface area contributed by atoms with Gasteiger partial charge < -0.3 is 24.1 Å². The van der Waals surface area contributed by atoms with Crippen LogP contribution in [0.25, 0.3) is 16.9 Å². The molecule has 0 aromatic carbocycles. The smallest absolute Gasteiger partial charge is 0.389 e. The van der Waals surface area contributed by atoms with Crippen LogP contribution in [0.2, 0.25) is 0 Å². The number of imidazole rings is 1. The van der Waals surface area contributed by atoms with Gasteiger partial charge in [-0.25, -0.2) is 14.8 Å². The maximum Gasteiger partial charge on any atom is 0.389 e. The van der Waals surface area contributed by atoms with Gasteiger partial charge in [0.15, 0.2) is 11.4 Å². The number of carbonyl (C=O) groups is 1. The van der Waals surface area contributed by atoms with E-state index in [1.807, 2.05) is 36.7 Å². The Kier molecular flexibility index (Phi) is 8.63. The van der Waals surface area contributed by atoms with Crippen molar-refractivity contribution < 1.29 is 27.4 Å². The van der Waals surface area contributed by atoms with E-state index in [0.29, 0.717) is 60.9 Å². The molecule has 8 nitrogen and oxygen atoms in total. The minimum Gasteiger partial charge on any atom is -0.494 e. The fourth-order valence-electron chi connectivity index (χ4n) is 4.79. The van der Waals surface area contributed by atoms with Gasteiger partial charge in [0, 0.05) is 43.2 Å². The highest BCUT2D eigenvalue weighted by molar-refractivity contribution is 5.75. The minimum atomic E-state index is -4.28. The van der Waals surface area contributed by atoms with Crippen LogP contribution in [-0.4, -0.2) is 57.8 Å². The fraction of sp³-hybridized carbons (Fsp3) is 0.519. The average molecular weight is 534 g/mol. The number of pyridine rings is 2. The monoisotopic (exact) mass is 533 g/mol. The molecule has 3 aromatic heterocycles. The summed E-state index contributed by atoms with van der Waals surface area (Å²) in [5, 5.41) is 2.86. The Bertz CT molecular complexity index is 1250. The number of nitrogens with zero attached hydrogens (tertiary/aromatic N) is 4. The Hall–Kier alpha value is -3.50. The van der Waals surface area contributed by atoms with Gasteiger partial charge in [-0.05, 0) is 57.7 Å². The van der Waals surface area contributed by atoms with Gasteiger partial charge >= 0.3 is 12.2 Å². The lowest BCUT2D eigenvalue weighted by Gasteiger charge is -2.30. The van der Waals surface area contributed by atoms with Crippen molar-refractivity contribution in [2.24, 2.45) is 0 Å². The van der Waals surface area contributed by atoms with Gasteiger partial charge in [-0.1, -0.05) is 6.42 Å². The molecule has 0 radical (unpaired) electrons. The lowest BCUT2D eigenvalue weighted by atomic mass is 10.0. The number of hydrogen-bond acceptors (Lipinski definition) is 5. The third-order valence-electron chi connectivity index (χ3n) is 6.88. The topological polar surface area (TPSA) is 81.0 Å². The van der Waals surface area contributed by atoms with Crippen molar-refractivity contribution in [3.63, 3.8) is 0 Å². The van der Waals surface area contributed by atoms with Crippen LogP contribution >= 0.6 is 0 Å². The summed E-state index contributed by atoms with van der Waals surface area (Å²) >= 11 is 0. The zero-order valence-electron chi connectivity index (χ0n) is 21.9. The number of amides is 2. The molecule has 38 heavy (non-hydrogen) atoms. The molecule has 2 amide bonds. The zero-order valence-corrected chi connectivity index (χ0v) is 21.9. The molecule has 4 bridgehead atoms. The van der Waals surface area contributed by atoms with Crippen LogP contribution in [0.3, 0.4) is 0 Å². The molecular weight excluding hydrogens is 499 g/mol. The standard InChI is InChI=1S/C27H34F3N5O3/c1-4-35-18(2)21-9-10-22(37-3)24(33-21)19-16-23(25-31-13-14-34(25)17-19)38-15-7-5-6-8-20(32-26(35)36)11-12-27(28,29)30/h9-10,13-14,16-18,20H,4-8,11-12,15H2,1-3H3,(H,32,36)/t18-,20-/m1/s1. The summed E-state index contributed by atoms with van der Waals surface area (Å²) in [4.78, 5) is 24.1. The normalized spacial score (nSPS) is 19.5. The van der Waals surface area contributed by atoms with Crippen molar-refractivity contribution in [2.75, 3.05) is 20.3 Å². The van der Waals surface area contributed by atoms with E-state index in [-0.39, 0.29) is 6.42 Å². The highest BCUT2D eigenvalue weighted by Gasteiger charge is 2.30. The van der Waals surface area contributed by atoms with Gasteiger partial charge in [-0.2, -0.15) is 13.2 Å². The van der Waals surface area contributed by atoms with Gasteiger partial charge in [0.2, 0.25) is 0 Å². The number of alkyl halides is 3. The highest BCUT2D eigenvalue weighted by atomic mass is 19.4. The predicted octanol–water partition coefficient (Wildman–Crippen LogP) is 6.16. The van der Waals surface area contributed by atoms with Crippen LogP contribution in [0, 0.1) is 0 Å². The number of fused-ring (bicyclic) bond motifs is 7. The number of hydrogen-bond donors (Lipinski definition) is 1. The molecular formula is C27H34F3N5O3. The first-order valence-corrected chi connectivity index (χ1v) is 13.0. The molecule has 4 heterocycles. The van der Waals surface area contributed by atoms with Gasteiger partial charge in [0.25, 0.3) is 0 Å². The number of methoxy groups -OCH3 is 1. The second kappa shape index (κ2) is 11.9. The van der Waals surface area contributed by atoms with Crippen LogP contribution < -0.4 is 14.8 Å². The van der Waals surface area contributed by atoms with Gasteiger partial charge in [-0.3, -0.25) is 0 Å². The SMILES string of the molecule is CCN1C(=O)N[C@@H](CCC(F)(F)F)CCCCCOc2cc(cn3ccnc23)-c2nc(ccc2OC)[C@H]1C. The molecule has 0 aliphatic carbocycles. The van der Waals surface area contributed by atoms with Crippen LogP contribution in [-0.2, 0) is 0 Å². The molecule has 0 unspecified atom stereocenters. The lowest BCUT2D eigenvalue weighted by Crippen LogP contribution is -2.46. The summed E-state index contributed by atoms with van der Waals surface area (Å²) in [5.74, 6) is 1.17. The molecule has 3 aromatic rings. The molecule has 0 fully saturated rings. The van der Waals surface area contributed by atoms with Crippen LogP contribution in [0.1, 0.15) is 64.1 Å². The number of halogens is 3. The summed E-state index contributed by atoms with van der Waals surface area (Å²) in [6.07, 6.45) is 2.65. The molecule has 1 N–H and O–H groups in total. The molecule has 1 aliphatic heterocycles. The number of ether oxygens (including phenoxy) is 2. The third-order valence-corrected chi connectivity index (χ3v) is 6.88. The van der Waals surface area contributed by atoms with E-state index in [9.17, 15) is 18.0 Å². The molecule has 206 valence electrons. The Balaban J connectivity index is 1.72. The maximum atomic E-state index is 13.3. The summed E-state index contributed by atoms with van der Waals surface area (Å²) in [7, 11) is 1.57. The van der Waals surface area contributed by atoms with Crippen LogP contribution in [0.15, 0.2) is 36.8 Å². The minimum absolute atomic E-state index is 0.160. The summed E-state index contributed by atoms with van der Waals surface area (Å²) in [5.41, 5.74) is 2.65. The molecule has 0 spiro atoms. The van der Waals surface area contributed by atoms with E-state index in [2.05, 4.69) is 10.3 Å². The van der Waals surface area contributed by atoms with Crippen molar-refractivity contribution in [1.82, 2.24) is 24.6 Å². The van der Waals surface area contributed by atoms with E-state index >= 15 is 0 Å². The molecule has 11 heteroatoms. The Morgan fingerprint density at radius 3 is 2.79 bits per heavy atom. The van der Waals surface area contributed by atoms with E-state index in [1.54, 1.807) is 30.3 Å². The molecule has 0 saturated heterocycles. The Morgan fingerprint density at radius 1 is 1.24 bits per heavy atom. The largest absolute Gasteiger partial charge is 0.494 e. The van der Waals surface area contributed by atoms with E-state index in [1.165, 1.54) is 0 Å². The van der Waals surface area contributed by atoms with Gasteiger partial charge in [-0.15, -0.1) is 0 Å². The van der Waals surface area contributed by atoms with E-state index < -0.39 is 30.7 Å². The predicted molar refractivity (Wildman–Crippen MR) is 137 cm³/mol. The number of aromatic nitrogens is 3. The Morgan fingerprint density at radius 2 is 2.05 bits per heavy atom. The number of urea groups is 1. The van der Waals surface area contributed by atoms with Gasteiger partial charge in [0.1, 0.15) is 11.4 Å². The second-order valence-electron chi connectivity index (χ2n) is 9.50. The van der Waals surface area contributed by atoms with Crippen molar-refractivity contribution in [2.45, 2.75) is 70.6 Å². The van der Waals surface area contributed by atoms with Crippen molar-refractivity contribution >= 4 is 11.7 Å². The van der Waals surface area contributed by atoms with Crippen molar-refractivity contribution in [3.05, 3.63) is 42.5 Å².